The van der Waals surface area contributed by atoms with Crippen LogP contribution in [0.5, 0.6) is 5.75 Å². The molecule has 156 valence electrons. The average molecular weight is 445 g/mol. The largest absolute Gasteiger partial charge is 0.488 e. The smallest absolute Gasteiger partial charge is 0.255 e. The normalized spacial score (nSPS) is 11.1. The minimum atomic E-state index is -3.71. The molecule has 3 rings (SSSR count). The lowest BCUT2D eigenvalue weighted by molar-refractivity contribution is 0.0949. The van der Waals surface area contributed by atoms with Crippen LogP contribution in [0.4, 0.5) is 0 Å². The zero-order chi connectivity index (χ0) is 21.6. The number of sulfonamides is 1. The topological polar surface area (TPSA) is 98.5 Å². The van der Waals surface area contributed by atoms with Gasteiger partial charge < -0.3 is 10.1 Å². The summed E-state index contributed by atoms with van der Waals surface area (Å²) in [6.45, 7) is 0.705. The molecule has 8 heteroatoms. The van der Waals surface area contributed by atoms with E-state index < -0.39 is 10.0 Å². The Balaban J connectivity index is 1.57. The van der Waals surface area contributed by atoms with Gasteiger partial charge in [-0.2, -0.15) is 0 Å². The van der Waals surface area contributed by atoms with Gasteiger partial charge in [-0.15, -0.1) is 0 Å². The van der Waals surface area contributed by atoms with Crippen molar-refractivity contribution in [2.24, 2.45) is 5.14 Å². The van der Waals surface area contributed by atoms with Crippen molar-refractivity contribution in [2.45, 2.75) is 17.9 Å². The molecule has 0 unspecified atom stereocenters. The maximum atomic E-state index is 12.6. The van der Waals surface area contributed by atoms with Crippen LogP contribution in [0.3, 0.4) is 0 Å². The van der Waals surface area contributed by atoms with Crippen molar-refractivity contribution in [3.05, 3.63) is 94.5 Å². The number of primary sulfonamides is 1. The van der Waals surface area contributed by atoms with Crippen LogP contribution in [-0.4, -0.2) is 20.9 Å². The maximum absolute atomic E-state index is 12.6. The molecule has 3 aromatic carbocycles. The predicted molar refractivity (Wildman–Crippen MR) is 116 cm³/mol. The van der Waals surface area contributed by atoms with E-state index in [-0.39, 0.29) is 10.8 Å². The van der Waals surface area contributed by atoms with Gasteiger partial charge >= 0.3 is 0 Å². The number of ether oxygens (including phenoxy) is 1. The Bertz CT molecular complexity index is 1110. The minimum Gasteiger partial charge on any atom is -0.488 e. The Kier molecular flexibility index (Phi) is 7.10. The van der Waals surface area contributed by atoms with Crippen LogP contribution in [0, 0.1) is 0 Å². The Morgan fingerprint density at radius 1 is 0.933 bits per heavy atom. The first-order valence-electron chi connectivity index (χ1n) is 9.19. The molecular weight excluding hydrogens is 424 g/mol. The third-order valence-electron chi connectivity index (χ3n) is 4.39. The molecule has 0 heterocycles. The Hall–Kier alpha value is -2.87. The maximum Gasteiger partial charge on any atom is 0.255 e. The van der Waals surface area contributed by atoms with Gasteiger partial charge in [-0.3, -0.25) is 4.79 Å². The number of hydrogen-bond donors (Lipinski definition) is 2. The standard InChI is InChI=1S/C22H21ClN2O4S/c23-18-9-5-17(6-10-18)15-29-21-4-2-1-3-20(21)22(26)25-14-13-16-7-11-19(12-8-16)30(24,27)28/h1-12H,13-15H2,(H,25,26)(H2,24,27,28). The quantitative estimate of drug-likeness (QED) is 0.555. The van der Waals surface area contributed by atoms with Gasteiger partial charge in [0, 0.05) is 11.6 Å². The van der Waals surface area contributed by atoms with Gasteiger partial charge in [0.1, 0.15) is 12.4 Å². The van der Waals surface area contributed by atoms with E-state index in [2.05, 4.69) is 5.32 Å². The molecule has 0 radical (unpaired) electrons. The van der Waals surface area contributed by atoms with Crippen molar-refractivity contribution in [3.63, 3.8) is 0 Å². The fourth-order valence-electron chi connectivity index (χ4n) is 2.78. The summed E-state index contributed by atoms with van der Waals surface area (Å²) in [5.41, 5.74) is 2.27. The second-order valence-corrected chi connectivity index (χ2v) is 8.60. The molecule has 0 saturated heterocycles. The lowest BCUT2D eigenvalue weighted by atomic mass is 10.1. The first-order valence-corrected chi connectivity index (χ1v) is 11.1. The molecule has 0 aliphatic heterocycles. The van der Waals surface area contributed by atoms with Crippen molar-refractivity contribution in [1.82, 2.24) is 5.32 Å². The van der Waals surface area contributed by atoms with Crippen LogP contribution in [0.2, 0.25) is 5.02 Å². The molecule has 3 N–H and O–H groups in total. The summed E-state index contributed by atoms with van der Waals surface area (Å²) in [6, 6.07) is 20.6. The first kappa shape index (κ1) is 21.8. The van der Waals surface area contributed by atoms with Gasteiger partial charge in [0.05, 0.1) is 10.5 Å². The van der Waals surface area contributed by atoms with E-state index in [9.17, 15) is 13.2 Å². The highest BCUT2D eigenvalue weighted by atomic mass is 35.5. The van der Waals surface area contributed by atoms with E-state index in [0.29, 0.717) is 35.9 Å². The molecule has 1 amide bonds. The molecular formula is C22H21ClN2O4S. The highest BCUT2D eigenvalue weighted by molar-refractivity contribution is 7.89. The van der Waals surface area contributed by atoms with E-state index in [0.717, 1.165) is 11.1 Å². The fourth-order valence-corrected chi connectivity index (χ4v) is 3.42. The Morgan fingerprint density at radius 3 is 2.23 bits per heavy atom. The van der Waals surface area contributed by atoms with Gasteiger partial charge in [0.25, 0.3) is 5.91 Å². The van der Waals surface area contributed by atoms with E-state index in [1.165, 1.54) is 12.1 Å². The second-order valence-electron chi connectivity index (χ2n) is 6.61. The van der Waals surface area contributed by atoms with E-state index in [1.807, 2.05) is 12.1 Å². The van der Waals surface area contributed by atoms with Gasteiger partial charge in [0.15, 0.2) is 0 Å². The summed E-state index contributed by atoms with van der Waals surface area (Å²) < 4.78 is 28.4. The molecule has 0 aliphatic rings. The molecule has 0 saturated carbocycles. The summed E-state index contributed by atoms with van der Waals surface area (Å²) in [5.74, 6) is 0.241. The van der Waals surface area contributed by atoms with Crippen LogP contribution >= 0.6 is 11.6 Å². The number of nitrogens with one attached hydrogen (secondary N) is 1. The summed E-state index contributed by atoms with van der Waals surface area (Å²) in [6.07, 6.45) is 0.546. The van der Waals surface area contributed by atoms with E-state index in [1.54, 1.807) is 48.5 Å². The van der Waals surface area contributed by atoms with Crippen LogP contribution in [0.1, 0.15) is 21.5 Å². The van der Waals surface area contributed by atoms with Crippen molar-refractivity contribution in [1.29, 1.82) is 0 Å². The predicted octanol–water partition coefficient (Wildman–Crippen LogP) is 3.54. The zero-order valence-electron chi connectivity index (χ0n) is 16.0. The number of amides is 1. The third-order valence-corrected chi connectivity index (χ3v) is 5.57. The summed E-state index contributed by atoms with van der Waals surface area (Å²) in [7, 11) is -3.71. The van der Waals surface area contributed by atoms with Crippen LogP contribution in [-0.2, 0) is 23.1 Å². The van der Waals surface area contributed by atoms with Gasteiger partial charge in [0.2, 0.25) is 10.0 Å². The van der Waals surface area contributed by atoms with Gasteiger partial charge in [-0.05, 0) is 53.9 Å². The first-order chi connectivity index (χ1) is 14.3. The van der Waals surface area contributed by atoms with Crippen LogP contribution in [0.25, 0.3) is 0 Å². The van der Waals surface area contributed by atoms with Crippen molar-refractivity contribution < 1.29 is 17.9 Å². The van der Waals surface area contributed by atoms with Crippen LogP contribution < -0.4 is 15.2 Å². The summed E-state index contributed by atoms with van der Waals surface area (Å²) in [5, 5.41) is 8.60. The van der Waals surface area contributed by atoms with Gasteiger partial charge in [-0.1, -0.05) is 48.0 Å². The van der Waals surface area contributed by atoms with Crippen molar-refractivity contribution in [3.8, 4) is 5.75 Å². The van der Waals surface area contributed by atoms with E-state index in [4.69, 9.17) is 21.5 Å². The van der Waals surface area contributed by atoms with Crippen molar-refractivity contribution in [2.75, 3.05) is 6.54 Å². The monoisotopic (exact) mass is 444 g/mol. The van der Waals surface area contributed by atoms with E-state index >= 15 is 0 Å². The fraction of sp³-hybridized carbons (Fsp3) is 0.136. The molecule has 0 spiro atoms. The molecule has 3 aromatic rings. The number of halogens is 1. The molecule has 0 aliphatic carbocycles. The Labute approximate surface area is 180 Å². The Morgan fingerprint density at radius 2 is 1.57 bits per heavy atom. The average Bonchev–Trinajstić information content (AvgIpc) is 2.73. The highest BCUT2D eigenvalue weighted by Gasteiger charge is 2.12. The number of nitrogens with two attached hydrogens (primary N) is 1. The summed E-state index contributed by atoms with van der Waals surface area (Å²) >= 11 is 5.89. The second kappa shape index (κ2) is 9.75. The molecule has 0 atom stereocenters. The van der Waals surface area contributed by atoms with Crippen molar-refractivity contribution >= 4 is 27.5 Å². The van der Waals surface area contributed by atoms with Gasteiger partial charge in [-0.25, -0.2) is 13.6 Å². The number of carbonyl (C=O) groups is 1. The number of benzene rings is 3. The number of hydrogen-bond acceptors (Lipinski definition) is 4. The number of rotatable bonds is 8. The van der Waals surface area contributed by atoms with Crippen LogP contribution in [0.15, 0.2) is 77.7 Å². The number of carbonyl (C=O) groups excluding carboxylic acids is 1. The minimum absolute atomic E-state index is 0.0575. The molecule has 6 nitrogen and oxygen atoms in total. The molecule has 0 aromatic heterocycles. The highest BCUT2D eigenvalue weighted by Crippen LogP contribution is 2.20. The molecule has 0 bridgehead atoms. The lowest BCUT2D eigenvalue weighted by Gasteiger charge is -2.12. The third kappa shape index (κ3) is 6.06. The lowest BCUT2D eigenvalue weighted by Crippen LogP contribution is -2.26. The molecule has 0 fully saturated rings. The molecule has 30 heavy (non-hydrogen) atoms. The number of para-hydroxylation sites is 1. The zero-order valence-corrected chi connectivity index (χ0v) is 17.6. The summed E-state index contributed by atoms with van der Waals surface area (Å²) in [4.78, 5) is 12.7. The SMILES string of the molecule is NS(=O)(=O)c1ccc(CCNC(=O)c2ccccc2OCc2ccc(Cl)cc2)cc1.